The highest BCUT2D eigenvalue weighted by Crippen LogP contribution is 2.23. The molecule has 1 N–H and O–H groups in total. The molecule has 3 heteroatoms. The predicted molar refractivity (Wildman–Crippen MR) is 79.9 cm³/mol. The number of rotatable bonds is 2. The third-order valence-electron chi connectivity index (χ3n) is 3.64. The van der Waals surface area contributed by atoms with Crippen LogP contribution in [0.5, 0.6) is 0 Å². The molecule has 0 amide bonds. The van der Waals surface area contributed by atoms with E-state index >= 15 is 0 Å². The van der Waals surface area contributed by atoms with E-state index in [9.17, 15) is 4.79 Å². The van der Waals surface area contributed by atoms with Crippen molar-refractivity contribution in [2.24, 2.45) is 5.41 Å². The zero-order valence-corrected chi connectivity index (χ0v) is 12.2. The van der Waals surface area contributed by atoms with Gasteiger partial charge in [0.15, 0.2) is 5.78 Å². The Kier molecular flexibility index (Phi) is 4.25. The fraction of sp³-hybridized carbons (Fsp3) is 0.562. The Morgan fingerprint density at radius 3 is 2.58 bits per heavy atom. The first-order chi connectivity index (χ1) is 8.98. The van der Waals surface area contributed by atoms with Gasteiger partial charge in [-0.3, -0.25) is 4.79 Å². The Morgan fingerprint density at radius 2 is 1.95 bits per heavy atom. The van der Waals surface area contributed by atoms with Crippen molar-refractivity contribution < 1.29 is 4.79 Å². The monoisotopic (exact) mass is 260 g/mol. The van der Waals surface area contributed by atoms with Gasteiger partial charge in [0.05, 0.1) is 0 Å². The molecular weight excluding hydrogens is 236 g/mol. The maximum absolute atomic E-state index is 11.3. The highest BCUT2D eigenvalue weighted by Gasteiger charge is 2.23. The van der Waals surface area contributed by atoms with Gasteiger partial charge in [-0.25, -0.2) is 0 Å². The first-order valence-electron chi connectivity index (χ1n) is 7.05. The minimum Gasteiger partial charge on any atom is -0.371 e. The molecule has 1 heterocycles. The fourth-order valence-corrected chi connectivity index (χ4v) is 2.60. The zero-order chi connectivity index (χ0) is 13.9. The summed E-state index contributed by atoms with van der Waals surface area (Å²) in [5.41, 5.74) is 2.27. The maximum atomic E-state index is 11.3. The number of hydrogen-bond donors (Lipinski definition) is 1. The fourth-order valence-electron chi connectivity index (χ4n) is 2.60. The standard InChI is InChI=1S/C16H24N2O/c1-13(19)14-5-7-15(8-6-14)18-10-4-9-17-11-16(2,3)12-18/h5-8,17H,4,9-12H2,1-3H3. The van der Waals surface area contributed by atoms with Crippen LogP contribution in [0.25, 0.3) is 0 Å². The van der Waals surface area contributed by atoms with Gasteiger partial charge in [0, 0.05) is 30.9 Å². The van der Waals surface area contributed by atoms with Gasteiger partial charge in [-0.15, -0.1) is 0 Å². The quantitative estimate of drug-likeness (QED) is 0.830. The van der Waals surface area contributed by atoms with Gasteiger partial charge < -0.3 is 10.2 Å². The van der Waals surface area contributed by atoms with Crippen molar-refractivity contribution in [2.45, 2.75) is 27.2 Å². The van der Waals surface area contributed by atoms with Crippen LogP contribution in [-0.2, 0) is 0 Å². The van der Waals surface area contributed by atoms with Crippen LogP contribution in [0.15, 0.2) is 24.3 Å². The number of anilines is 1. The molecule has 0 bridgehead atoms. The molecule has 1 aromatic carbocycles. The molecule has 0 spiro atoms. The molecule has 1 aliphatic heterocycles. The summed E-state index contributed by atoms with van der Waals surface area (Å²) >= 11 is 0. The van der Waals surface area contributed by atoms with Gasteiger partial charge in [0.2, 0.25) is 0 Å². The van der Waals surface area contributed by atoms with Crippen molar-refractivity contribution in [3.63, 3.8) is 0 Å². The third kappa shape index (κ3) is 3.80. The minimum atomic E-state index is 0.128. The van der Waals surface area contributed by atoms with Crippen molar-refractivity contribution >= 4 is 11.5 Å². The molecule has 0 unspecified atom stereocenters. The van der Waals surface area contributed by atoms with Gasteiger partial charge >= 0.3 is 0 Å². The second-order valence-electron chi connectivity index (χ2n) is 6.22. The van der Waals surface area contributed by atoms with Crippen LogP contribution in [0, 0.1) is 5.41 Å². The molecule has 1 saturated heterocycles. The lowest BCUT2D eigenvalue weighted by atomic mass is 9.91. The van der Waals surface area contributed by atoms with Crippen molar-refractivity contribution in [2.75, 3.05) is 31.1 Å². The Hall–Kier alpha value is -1.35. The number of hydrogen-bond acceptors (Lipinski definition) is 3. The molecule has 0 aliphatic carbocycles. The van der Waals surface area contributed by atoms with E-state index in [1.165, 1.54) is 5.69 Å². The largest absolute Gasteiger partial charge is 0.371 e. The summed E-state index contributed by atoms with van der Waals surface area (Å²) in [4.78, 5) is 13.7. The molecule has 0 radical (unpaired) electrons. The molecule has 0 saturated carbocycles. The third-order valence-corrected chi connectivity index (χ3v) is 3.64. The van der Waals surface area contributed by atoms with E-state index in [0.717, 1.165) is 38.2 Å². The predicted octanol–water partition coefficient (Wildman–Crippen LogP) is 2.72. The summed E-state index contributed by atoms with van der Waals surface area (Å²) in [7, 11) is 0. The number of nitrogens with zero attached hydrogens (tertiary/aromatic N) is 1. The van der Waals surface area contributed by atoms with Gasteiger partial charge in [-0.2, -0.15) is 0 Å². The van der Waals surface area contributed by atoms with Crippen molar-refractivity contribution in [3.8, 4) is 0 Å². The molecule has 0 aromatic heterocycles. The number of ketones is 1. The van der Waals surface area contributed by atoms with E-state index in [1.807, 2.05) is 12.1 Å². The first kappa shape index (κ1) is 14.1. The smallest absolute Gasteiger partial charge is 0.159 e. The average Bonchev–Trinajstić information content (AvgIpc) is 2.34. The second-order valence-corrected chi connectivity index (χ2v) is 6.22. The highest BCUT2D eigenvalue weighted by molar-refractivity contribution is 5.94. The van der Waals surface area contributed by atoms with E-state index in [1.54, 1.807) is 6.92 Å². The van der Waals surface area contributed by atoms with E-state index < -0.39 is 0 Å². The maximum Gasteiger partial charge on any atom is 0.159 e. The van der Waals surface area contributed by atoms with Gasteiger partial charge in [0.1, 0.15) is 0 Å². The lowest BCUT2D eigenvalue weighted by Gasteiger charge is -2.36. The number of benzene rings is 1. The Labute approximate surface area is 116 Å². The summed E-state index contributed by atoms with van der Waals surface area (Å²) in [5.74, 6) is 0.128. The minimum absolute atomic E-state index is 0.128. The highest BCUT2D eigenvalue weighted by atomic mass is 16.1. The summed E-state index contributed by atoms with van der Waals surface area (Å²) in [6.45, 7) is 10.4. The van der Waals surface area contributed by atoms with E-state index in [0.29, 0.717) is 0 Å². The van der Waals surface area contributed by atoms with Crippen molar-refractivity contribution in [3.05, 3.63) is 29.8 Å². The summed E-state index contributed by atoms with van der Waals surface area (Å²) in [6, 6.07) is 8.01. The number of carbonyl (C=O) groups excluding carboxylic acids is 1. The summed E-state index contributed by atoms with van der Waals surface area (Å²) in [5, 5.41) is 3.50. The van der Waals surface area contributed by atoms with Crippen LogP contribution in [0.2, 0.25) is 0 Å². The SMILES string of the molecule is CC(=O)c1ccc(N2CCCNCC(C)(C)C2)cc1. The molecule has 1 aliphatic rings. The molecule has 2 rings (SSSR count). The molecule has 1 aromatic rings. The van der Waals surface area contributed by atoms with E-state index in [-0.39, 0.29) is 11.2 Å². The van der Waals surface area contributed by atoms with Gasteiger partial charge in [0.25, 0.3) is 0 Å². The van der Waals surface area contributed by atoms with E-state index in [4.69, 9.17) is 0 Å². The van der Waals surface area contributed by atoms with Gasteiger partial charge in [-0.1, -0.05) is 13.8 Å². The lowest BCUT2D eigenvalue weighted by Crippen LogP contribution is -2.44. The van der Waals surface area contributed by atoms with E-state index in [2.05, 4.69) is 36.2 Å². The first-order valence-corrected chi connectivity index (χ1v) is 7.05. The van der Waals surface area contributed by atoms with Crippen molar-refractivity contribution in [1.29, 1.82) is 0 Å². The number of nitrogens with one attached hydrogen (secondary N) is 1. The lowest BCUT2D eigenvalue weighted by molar-refractivity contribution is 0.101. The van der Waals surface area contributed by atoms with Crippen LogP contribution in [0.4, 0.5) is 5.69 Å². The van der Waals surface area contributed by atoms with Crippen LogP contribution < -0.4 is 10.2 Å². The molecular formula is C16H24N2O. The van der Waals surface area contributed by atoms with Crippen LogP contribution in [0.1, 0.15) is 37.6 Å². The van der Waals surface area contributed by atoms with Crippen LogP contribution in [-0.4, -0.2) is 32.0 Å². The Bertz CT molecular complexity index is 437. The average molecular weight is 260 g/mol. The summed E-state index contributed by atoms with van der Waals surface area (Å²) in [6.07, 6.45) is 1.16. The molecule has 3 nitrogen and oxygen atoms in total. The normalized spacial score (nSPS) is 19.6. The summed E-state index contributed by atoms with van der Waals surface area (Å²) < 4.78 is 0. The topological polar surface area (TPSA) is 32.3 Å². The van der Waals surface area contributed by atoms with Crippen molar-refractivity contribution in [1.82, 2.24) is 5.32 Å². The van der Waals surface area contributed by atoms with Crippen LogP contribution >= 0.6 is 0 Å². The number of carbonyl (C=O) groups is 1. The Morgan fingerprint density at radius 1 is 1.26 bits per heavy atom. The molecule has 0 atom stereocenters. The number of Topliss-reactive ketones (excluding diaryl/α,β-unsaturated/α-hetero) is 1. The van der Waals surface area contributed by atoms with Crippen LogP contribution in [0.3, 0.4) is 0 Å². The molecule has 104 valence electrons. The zero-order valence-electron chi connectivity index (χ0n) is 12.2. The van der Waals surface area contributed by atoms with Gasteiger partial charge in [-0.05, 0) is 49.6 Å². The Balaban J connectivity index is 2.15. The molecule has 19 heavy (non-hydrogen) atoms. The molecule has 1 fully saturated rings. The second kappa shape index (κ2) is 5.74.